The Morgan fingerprint density at radius 2 is 2.05 bits per heavy atom. The molecule has 1 aliphatic rings. The molecule has 0 N–H and O–H groups in total. The summed E-state index contributed by atoms with van der Waals surface area (Å²) in [7, 11) is 0. The fourth-order valence-electron chi connectivity index (χ4n) is 1.93. The summed E-state index contributed by atoms with van der Waals surface area (Å²) < 4.78 is 16.2. The molecule has 0 radical (unpaired) electrons. The molecule has 1 heterocycles. The minimum atomic E-state index is -0.652. The standard InChI is InChI=1S/C15H20O4/c1-2-3-4-7-10-17-15(16)14-11-18-12-8-5-6-9-13(12)19-14/h5-6,8-9,14H,2-4,7,10-11H2,1H3. The first-order chi connectivity index (χ1) is 9.31. The summed E-state index contributed by atoms with van der Waals surface area (Å²) in [5, 5.41) is 0. The quantitative estimate of drug-likeness (QED) is 0.585. The van der Waals surface area contributed by atoms with Crippen molar-refractivity contribution in [3.8, 4) is 11.5 Å². The first-order valence-corrected chi connectivity index (χ1v) is 6.86. The van der Waals surface area contributed by atoms with Crippen LogP contribution < -0.4 is 9.47 Å². The van der Waals surface area contributed by atoms with Crippen molar-refractivity contribution in [3.05, 3.63) is 24.3 Å². The van der Waals surface area contributed by atoms with Gasteiger partial charge in [-0.05, 0) is 18.6 Å². The highest BCUT2D eigenvalue weighted by Crippen LogP contribution is 2.31. The number of carbonyl (C=O) groups excluding carboxylic acids is 1. The predicted octanol–water partition coefficient (Wildman–Crippen LogP) is 2.95. The average Bonchev–Trinajstić information content (AvgIpc) is 2.46. The van der Waals surface area contributed by atoms with Crippen LogP contribution in [0.3, 0.4) is 0 Å². The van der Waals surface area contributed by atoms with Crippen LogP contribution in [0.4, 0.5) is 0 Å². The number of rotatable bonds is 6. The molecule has 0 bridgehead atoms. The Labute approximate surface area is 113 Å². The van der Waals surface area contributed by atoms with Gasteiger partial charge in [0, 0.05) is 0 Å². The van der Waals surface area contributed by atoms with Crippen LogP contribution in [0.25, 0.3) is 0 Å². The number of benzene rings is 1. The first kappa shape index (κ1) is 13.7. The van der Waals surface area contributed by atoms with Gasteiger partial charge in [-0.25, -0.2) is 4.79 Å². The second-order valence-electron chi connectivity index (χ2n) is 4.59. The number of fused-ring (bicyclic) bond motifs is 1. The van der Waals surface area contributed by atoms with Gasteiger partial charge >= 0.3 is 5.97 Å². The number of para-hydroxylation sites is 2. The van der Waals surface area contributed by atoms with E-state index in [4.69, 9.17) is 14.2 Å². The van der Waals surface area contributed by atoms with Crippen LogP contribution in [0.1, 0.15) is 32.6 Å². The number of ether oxygens (including phenoxy) is 3. The van der Waals surface area contributed by atoms with Crippen molar-refractivity contribution in [2.45, 2.75) is 38.7 Å². The predicted molar refractivity (Wildman–Crippen MR) is 71.5 cm³/mol. The van der Waals surface area contributed by atoms with Crippen LogP contribution in [0.2, 0.25) is 0 Å². The second kappa shape index (κ2) is 7.02. The molecular formula is C15H20O4. The molecule has 1 atom stereocenters. The number of hydrogen-bond donors (Lipinski definition) is 0. The molecule has 0 saturated carbocycles. The van der Waals surface area contributed by atoms with Gasteiger partial charge in [-0.3, -0.25) is 0 Å². The largest absolute Gasteiger partial charge is 0.485 e. The van der Waals surface area contributed by atoms with Crippen molar-refractivity contribution in [2.75, 3.05) is 13.2 Å². The van der Waals surface area contributed by atoms with Crippen molar-refractivity contribution >= 4 is 5.97 Å². The molecule has 1 aliphatic heterocycles. The third-order valence-electron chi connectivity index (χ3n) is 3.01. The highest BCUT2D eigenvalue weighted by Gasteiger charge is 2.28. The summed E-state index contributed by atoms with van der Waals surface area (Å²) in [6, 6.07) is 7.33. The van der Waals surface area contributed by atoms with Gasteiger partial charge < -0.3 is 14.2 Å². The summed E-state index contributed by atoms with van der Waals surface area (Å²) in [4.78, 5) is 11.8. The van der Waals surface area contributed by atoms with Crippen LogP contribution in [0.15, 0.2) is 24.3 Å². The van der Waals surface area contributed by atoms with E-state index in [-0.39, 0.29) is 12.6 Å². The molecule has 0 saturated heterocycles. The monoisotopic (exact) mass is 264 g/mol. The zero-order valence-electron chi connectivity index (χ0n) is 11.3. The normalized spacial score (nSPS) is 17.0. The smallest absolute Gasteiger partial charge is 0.350 e. The van der Waals surface area contributed by atoms with Crippen molar-refractivity contribution in [3.63, 3.8) is 0 Å². The molecule has 0 fully saturated rings. The Morgan fingerprint density at radius 3 is 2.84 bits per heavy atom. The van der Waals surface area contributed by atoms with Crippen molar-refractivity contribution in [1.29, 1.82) is 0 Å². The van der Waals surface area contributed by atoms with E-state index in [2.05, 4.69) is 6.92 Å². The molecule has 4 nitrogen and oxygen atoms in total. The third-order valence-corrected chi connectivity index (χ3v) is 3.01. The summed E-state index contributed by atoms with van der Waals surface area (Å²) in [6.07, 6.45) is 3.69. The van der Waals surface area contributed by atoms with Gasteiger partial charge in [0.1, 0.15) is 6.61 Å². The lowest BCUT2D eigenvalue weighted by atomic mass is 10.2. The highest BCUT2D eigenvalue weighted by molar-refractivity contribution is 5.75. The zero-order valence-corrected chi connectivity index (χ0v) is 11.3. The minimum Gasteiger partial charge on any atom is -0.485 e. The summed E-state index contributed by atoms with van der Waals surface area (Å²) in [6.45, 7) is 2.82. The molecule has 2 rings (SSSR count). The van der Waals surface area contributed by atoms with Gasteiger partial charge in [0.25, 0.3) is 0 Å². The maximum absolute atomic E-state index is 11.8. The van der Waals surface area contributed by atoms with E-state index in [9.17, 15) is 4.79 Å². The molecule has 0 amide bonds. The fraction of sp³-hybridized carbons (Fsp3) is 0.533. The lowest BCUT2D eigenvalue weighted by Gasteiger charge is -2.24. The molecule has 0 aliphatic carbocycles. The van der Waals surface area contributed by atoms with Crippen LogP contribution in [-0.2, 0) is 9.53 Å². The van der Waals surface area contributed by atoms with E-state index in [1.807, 2.05) is 18.2 Å². The van der Waals surface area contributed by atoms with E-state index in [1.165, 1.54) is 12.8 Å². The molecule has 1 aromatic rings. The summed E-state index contributed by atoms with van der Waals surface area (Å²) >= 11 is 0. The number of carbonyl (C=O) groups is 1. The maximum Gasteiger partial charge on any atom is 0.350 e. The van der Waals surface area contributed by atoms with Crippen LogP contribution >= 0.6 is 0 Å². The van der Waals surface area contributed by atoms with Gasteiger partial charge in [0.05, 0.1) is 6.61 Å². The van der Waals surface area contributed by atoms with Crippen molar-refractivity contribution < 1.29 is 19.0 Å². The highest BCUT2D eigenvalue weighted by atomic mass is 16.6. The number of esters is 1. The van der Waals surface area contributed by atoms with Gasteiger partial charge in [-0.1, -0.05) is 38.3 Å². The Hall–Kier alpha value is -1.71. The Morgan fingerprint density at radius 1 is 1.26 bits per heavy atom. The number of hydrogen-bond acceptors (Lipinski definition) is 4. The fourth-order valence-corrected chi connectivity index (χ4v) is 1.93. The molecular weight excluding hydrogens is 244 g/mol. The summed E-state index contributed by atoms with van der Waals surface area (Å²) in [5.41, 5.74) is 0. The van der Waals surface area contributed by atoms with Crippen molar-refractivity contribution in [1.82, 2.24) is 0 Å². The molecule has 1 aromatic carbocycles. The maximum atomic E-state index is 11.8. The topological polar surface area (TPSA) is 44.8 Å². The molecule has 4 heteroatoms. The Kier molecular flexibility index (Phi) is 5.07. The molecule has 0 spiro atoms. The molecule has 0 aromatic heterocycles. The van der Waals surface area contributed by atoms with Crippen molar-refractivity contribution in [2.24, 2.45) is 0 Å². The second-order valence-corrected chi connectivity index (χ2v) is 4.59. The van der Waals surface area contributed by atoms with Crippen LogP contribution in [0.5, 0.6) is 11.5 Å². The molecule has 104 valence electrons. The summed E-state index contributed by atoms with van der Waals surface area (Å²) in [5.74, 6) is 0.933. The van der Waals surface area contributed by atoms with E-state index < -0.39 is 6.10 Å². The molecule has 1 unspecified atom stereocenters. The van der Waals surface area contributed by atoms with E-state index in [0.29, 0.717) is 18.1 Å². The first-order valence-electron chi connectivity index (χ1n) is 6.86. The Bertz CT molecular complexity index is 416. The van der Waals surface area contributed by atoms with E-state index in [0.717, 1.165) is 12.8 Å². The zero-order chi connectivity index (χ0) is 13.5. The van der Waals surface area contributed by atoms with Gasteiger partial charge in [-0.15, -0.1) is 0 Å². The lowest BCUT2D eigenvalue weighted by Crippen LogP contribution is -2.37. The third kappa shape index (κ3) is 3.88. The van der Waals surface area contributed by atoms with E-state index >= 15 is 0 Å². The Balaban J connectivity index is 1.76. The van der Waals surface area contributed by atoms with Gasteiger partial charge in [0.15, 0.2) is 11.5 Å². The van der Waals surface area contributed by atoms with E-state index in [1.54, 1.807) is 6.07 Å². The lowest BCUT2D eigenvalue weighted by molar-refractivity contribution is -0.154. The van der Waals surface area contributed by atoms with Crippen LogP contribution in [0, 0.1) is 0 Å². The van der Waals surface area contributed by atoms with Gasteiger partial charge in [0.2, 0.25) is 6.10 Å². The number of unbranched alkanes of at least 4 members (excludes halogenated alkanes) is 3. The van der Waals surface area contributed by atoms with Gasteiger partial charge in [-0.2, -0.15) is 0 Å². The van der Waals surface area contributed by atoms with Crippen LogP contribution in [-0.4, -0.2) is 25.3 Å². The average molecular weight is 264 g/mol. The SMILES string of the molecule is CCCCCCOC(=O)C1COc2ccccc2O1. The minimum absolute atomic E-state index is 0.213. The molecule has 19 heavy (non-hydrogen) atoms.